The van der Waals surface area contributed by atoms with Gasteiger partial charge in [-0.3, -0.25) is 4.79 Å². The Labute approximate surface area is 186 Å². The Kier molecular flexibility index (Phi) is 6.55. The van der Waals surface area contributed by atoms with Crippen LogP contribution in [-0.2, 0) is 4.79 Å². The molecule has 1 N–H and O–H groups in total. The molecule has 0 fully saturated rings. The van der Waals surface area contributed by atoms with E-state index in [4.69, 9.17) is 0 Å². The number of anilines is 2. The number of nitrogens with one attached hydrogen (secondary N) is 1. The van der Waals surface area contributed by atoms with Crippen LogP contribution in [-0.4, -0.2) is 18.0 Å². The fourth-order valence-electron chi connectivity index (χ4n) is 4.81. The maximum Gasteiger partial charge on any atom is 0.266 e. The highest BCUT2D eigenvalue weighted by molar-refractivity contribution is 6.09. The van der Waals surface area contributed by atoms with E-state index in [1.165, 1.54) is 11.3 Å². The molecule has 0 saturated heterocycles. The first-order chi connectivity index (χ1) is 14.6. The van der Waals surface area contributed by atoms with Crippen molar-refractivity contribution in [3.05, 3.63) is 64.2 Å². The summed E-state index contributed by atoms with van der Waals surface area (Å²) in [5.74, 6) is 0.0353. The summed E-state index contributed by atoms with van der Waals surface area (Å²) in [6.45, 7) is 14.1. The lowest BCUT2D eigenvalue weighted by atomic mass is 9.79. The molecule has 4 nitrogen and oxygen atoms in total. The van der Waals surface area contributed by atoms with Crippen molar-refractivity contribution in [2.75, 3.05) is 16.8 Å². The number of nitrogens with zero attached hydrogens (tertiary/aromatic N) is 2. The van der Waals surface area contributed by atoms with Crippen LogP contribution in [0.2, 0.25) is 0 Å². The zero-order valence-electron chi connectivity index (χ0n) is 19.5. The Morgan fingerprint density at radius 1 is 1.23 bits per heavy atom. The van der Waals surface area contributed by atoms with Crippen molar-refractivity contribution >= 4 is 23.4 Å². The molecular weight excluding hydrogens is 382 g/mol. The Morgan fingerprint density at radius 2 is 1.90 bits per heavy atom. The first-order valence-electron chi connectivity index (χ1n) is 11.1. The van der Waals surface area contributed by atoms with Gasteiger partial charge in [-0.15, -0.1) is 0 Å². The first-order valence-corrected chi connectivity index (χ1v) is 11.1. The molecular formula is C27H33N3O. The van der Waals surface area contributed by atoms with Crippen molar-refractivity contribution in [1.82, 2.24) is 0 Å². The molecule has 1 amide bonds. The quantitative estimate of drug-likeness (QED) is 0.457. The van der Waals surface area contributed by atoms with Crippen molar-refractivity contribution in [3.63, 3.8) is 0 Å². The van der Waals surface area contributed by atoms with E-state index in [1.807, 2.05) is 38.1 Å². The molecule has 0 radical (unpaired) electrons. The highest BCUT2D eigenvalue weighted by atomic mass is 16.1. The fourth-order valence-corrected chi connectivity index (χ4v) is 4.81. The zero-order chi connectivity index (χ0) is 22.8. The van der Waals surface area contributed by atoms with Gasteiger partial charge in [-0.1, -0.05) is 26.0 Å². The second-order valence-corrected chi connectivity index (χ2v) is 9.39. The van der Waals surface area contributed by atoms with E-state index < -0.39 is 0 Å². The Morgan fingerprint density at radius 3 is 2.52 bits per heavy atom. The van der Waals surface area contributed by atoms with Crippen molar-refractivity contribution in [2.45, 2.75) is 65.8 Å². The molecule has 2 aromatic rings. The molecule has 1 aliphatic rings. The molecule has 0 aliphatic carbocycles. The molecule has 0 spiro atoms. The normalized spacial score (nSPS) is 17.6. The number of aryl methyl sites for hydroxylation is 2. The van der Waals surface area contributed by atoms with E-state index in [0.29, 0.717) is 11.6 Å². The summed E-state index contributed by atoms with van der Waals surface area (Å²) in [4.78, 5) is 15.2. The lowest BCUT2D eigenvalue weighted by Gasteiger charge is -2.47. The standard InChI is InChI=1S/C27H33N3O/c1-7-10-30-25-9-8-21(15-24(25)20(4)16-27(30,5)6)14-22(17-28)26(31)29-23-12-18(2)11-19(3)13-23/h8-9,11-15,20H,7,10,16H2,1-6H3,(H,29,31)/b22-14+. The van der Waals surface area contributed by atoms with E-state index in [-0.39, 0.29) is 17.0 Å². The average molecular weight is 416 g/mol. The minimum atomic E-state index is -0.382. The first kappa shape index (κ1) is 22.6. The van der Waals surface area contributed by atoms with Crippen LogP contribution >= 0.6 is 0 Å². The number of carbonyl (C=O) groups is 1. The van der Waals surface area contributed by atoms with Crippen LogP contribution in [0, 0.1) is 25.2 Å². The van der Waals surface area contributed by atoms with Crippen molar-refractivity contribution in [1.29, 1.82) is 5.26 Å². The van der Waals surface area contributed by atoms with Crippen LogP contribution in [0.25, 0.3) is 6.08 Å². The smallest absolute Gasteiger partial charge is 0.266 e. The van der Waals surface area contributed by atoms with Gasteiger partial charge in [0.25, 0.3) is 5.91 Å². The highest BCUT2D eigenvalue weighted by Gasteiger charge is 2.35. The number of carbonyl (C=O) groups excluding carboxylic acids is 1. The van der Waals surface area contributed by atoms with Gasteiger partial charge in [-0.05, 0) is 99.0 Å². The molecule has 1 atom stereocenters. The Balaban J connectivity index is 1.91. The molecule has 0 aromatic heterocycles. The van der Waals surface area contributed by atoms with Gasteiger partial charge in [0.2, 0.25) is 0 Å². The second kappa shape index (κ2) is 8.98. The second-order valence-electron chi connectivity index (χ2n) is 9.39. The summed E-state index contributed by atoms with van der Waals surface area (Å²) in [6, 6.07) is 14.2. The Hall–Kier alpha value is -3.06. The summed E-state index contributed by atoms with van der Waals surface area (Å²) >= 11 is 0. The predicted octanol–water partition coefficient (Wildman–Crippen LogP) is 6.35. The number of nitriles is 1. The number of fused-ring (bicyclic) bond motifs is 1. The average Bonchev–Trinajstić information content (AvgIpc) is 2.68. The molecule has 1 aliphatic heterocycles. The van der Waals surface area contributed by atoms with Crippen LogP contribution in [0.15, 0.2) is 42.0 Å². The zero-order valence-corrected chi connectivity index (χ0v) is 19.5. The summed E-state index contributed by atoms with van der Waals surface area (Å²) in [5.41, 5.74) is 6.50. The maximum absolute atomic E-state index is 12.7. The molecule has 3 rings (SSSR count). The van der Waals surface area contributed by atoms with E-state index in [9.17, 15) is 10.1 Å². The summed E-state index contributed by atoms with van der Waals surface area (Å²) in [6.07, 6.45) is 3.86. The lowest BCUT2D eigenvalue weighted by Crippen LogP contribution is -2.48. The number of hydrogen-bond acceptors (Lipinski definition) is 3. The van der Waals surface area contributed by atoms with Crippen molar-refractivity contribution in [3.8, 4) is 6.07 Å². The minimum Gasteiger partial charge on any atom is -0.366 e. The molecule has 0 saturated carbocycles. The molecule has 162 valence electrons. The monoisotopic (exact) mass is 415 g/mol. The number of benzene rings is 2. The summed E-state index contributed by atoms with van der Waals surface area (Å²) < 4.78 is 0. The van der Waals surface area contributed by atoms with E-state index >= 15 is 0 Å². The third-order valence-electron chi connectivity index (χ3n) is 6.01. The minimum absolute atomic E-state index is 0.105. The molecule has 4 heteroatoms. The molecule has 1 unspecified atom stereocenters. The SMILES string of the molecule is CCCN1c2ccc(/C=C(\C#N)C(=O)Nc3cc(C)cc(C)c3)cc2C(C)CC1(C)C. The Bertz CT molecular complexity index is 1040. The van der Waals surface area contributed by atoms with Crippen molar-refractivity contribution < 1.29 is 4.79 Å². The maximum atomic E-state index is 12.7. The van der Waals surface area contributed by atoms with Gasteiger partial charge in [0.05, 0.1) is 0 Å². The predicted molar refractivity (Wildman–Crippen MR) is 129 cm³/mol. The van der Waals surface area contributed by atoms with Crippen LogP contribution in [0.1, 0.15) is 68.7 Å². The molecule has 31 heavy (non-hydrogen) atoms. The van der Waals surface area contributed by atoms with Crippen LogP contribution in [0.4, 0.5) is 11.4 Å². The number of rotatable bonds is 5. The highest BCUT2D eigenvalue weighted by Crippen LogP contribution is 2.43. The van der Waals surface area contributed by atoms with E-state index in [2.05, 4.69) is 56.1 Å². The number of hydrogen-bond donors (Lipinski definition) is 1. The van der Waals surface area contributed by atoms with Gasteiger partial charge in [0.1, 0.15) is 11.6 Å². The van der Waals surface area contributed by atoms with Crippen LogP contribution < -0.4 is 10.2 Å². The van der Waals surface area contributed by atoms with Crippen LogP contribution in [0.5, 0.6) is 0 Å². The van der Waals surface area contributed by atoms with E-state index in [1.54, 1.807) is 6.08 Å². The van der Waals surface area contributed by atoms with Gasteiger partial charge < -0.3 is 10.2 Å². The van der Waals surface area contributed by atoms with Gasteiger partial charge in [-0.25, -0.2) is 0 Å². The fraction of sp³-hybridized carbons (Fsp3) is 0.407. The van der Waals surface area contributed by atoms with Crippen LogP contribution in [0.3, 0.4) is 0 Å². The van der Waals surface area contributed by atoms with Gasteiger partial charge in [0, 0.05) is 23.5 Å². The van der Waals surface area contributed by atoms with Gasteiger partial charge in [0.15, 0.2) is 0 Å². The van der Waals surface area contributed by atoms with Gasteiger partial charge in [-0.2, -0.15) is 5.26 Å². The van der Waals surface area contributed by atoms with E-state index in [0.717, 1.165) is 36.1 Å². The summed E-state index contributed by atoms with van der Waals surface area (Å²) in [5, 5.41) is 12.5. The number of amides is 1. The van der Waals surface area contributed by atoms with Crippen molar-refractivity contribution in [2.24, 2.45) is 0 Å². The largest absolute Gasteiger partial charge is 0.366 e. The summed E-state index contributed by atoms with van der Waals surface area (Å²) in [7, 11) is 0. The molecule has 1 heterocycles. The third-order valence-corrected chi connectivity index (χ3v) is 6.01. The third kappa shape index (κ3) is 4.99. The lowest BCUT2D eigenvalue weighted by molar-refractivity contribution is -0.112. The molecule has 0 bridgehead atoms. The topological polar surface area (TPSA) is 56.1 Å². The van der Waals surface area contributed by atoms with Gasteiger partial charge >= 0.3 is 0 Å². The molecule has 2 aromatic carbocycles.